The van der Waals surface area contributed by atoms with Crippen molar-refractivity contribution in [3.05, 3.63) is 24.4 Å². The molecule has 2 aliphatic heterocycles. The lowest BCUT2D eigenvalue weighted by Gasteiger charge is -2.25. The number of Topliss-reactive ketones (excluding diaryl/α,β-unsaturated/α-hetero) is 1. The Morgan fingerprint density at radius 3 is 2.33 bits per heavy atom. The van der Waals surface area contributed by atoms with Crippen LogP contribution in [0.3, 0.4) is 0 Å². The molecule has 2 rings (SSSR count). The zero-order chi connectivity index (χ0) is 11.2. The smallest absolute Gasteiger partial charge is 0.142 e. The number of ketones is 1. The molecule has 0 aromatic carbocycles. The molecule has 4 unspecified atom stereocenters. The quantitative estimate of drug-likeness (QED) is 0.709. The van der Waals surface area contributed by atoms with E-state index in [4.69, 9.17) is 10.5 Å². The summed E-state index contributed by atoms with van der Waals surface area (Å²) in [5.41, 5.74) is 6.31. The Kier molecular flexibility index (Phi) is 2.43. The number of nitrogens with two attached hydrogens (primary N) is 1. The Morgan fingerprint density at radius 1 is 1.33 bits per heavy atom. The Labute approximate surface area is 90.0 Å². The third-order valence-corrected chi connectivity index (χ3v) is 3.23. The molecule has 1 saturated heterocycles. The van der Waals surface area contributed by atoms with Gasteiger partial charge in [0.25, 0.3) is 0 Å². The van der Waals surface area contributed by atoms with Crippen LogP contribution in [-0.2, 0) is 9.53 Å². The number of fused-ring (bicyclic) bond motifs is 2. The fourth-order valence-electron chi connectivity index (χ4n) is 2.47. The van der Waals surface area contributed by atoms with Gasteiger partial charge in [0.1, 0.15) is 5.78 Å². The molecule has 3 heteroatoms. The first-order chi connectivity index (χ1) is 7.02. The van der Waals surface area contributed by atoms with Crippen LogP contribution >= 0.6 is 0 Å². The van der Waals surface area contributed by atoms with E-state index < -0.39 is 0 Å². The Hall–Kier alpha value is -1.09. The molecule has 15 heavy (non-hydrogen) atoms. The highest BCUT2D eigenvalue weighted by atomic mass is 16.5. The lowest BCUT2D eigenvalue weighted by molar-refractivity contribution is -0.127. The summed E-state index contributed by atoms with van der Waals surface area (Å²) in [5, 5.41) is 0. The van der Waals surface area contributed by atoms with Gasteiger partial charge >= 0.3 is 0 Å². The predicted molar refractivity (Wildman–Crippen MR) is 58.0 cm³/mol. The van der Waals surface area contributed by atoms with Crippen molar-refractivity contribution in [2.45, 2.75) is 26.1 Å². The Bertz CT molecular complexity index is 333. The summed E-state index contributed by atoms with van der Waals surface area (Å²) >= 11 is 0. The van der Waals surface area contributed by atoms with Crippen molar-refractivity contribution in [3.8, 4) is 0 Å². The number of ether oxygens (including phenoxy) is 1. The summed E-state index contributed by atoms with van der Waals surface area (Å²) in [7, 11) is 0. The van der Waals surface area contributed by atoms with Gasteiger partial charge in [-0.3, -0.25) is 4.79 Å². The first kappa shape index (κ1) is 10.4. The summed E-state index contributed by atoms with van der Waals surface area (Å²) in [6.07, 6.45) is 3.82. The molecule has 2 aliphatic rings. The molecule has 0 aliphatic carbocycles. The van der Waals surface area contributed by atoms with Gasteiger partial charge in [-0.15, -0.1) is 0 Å². The minimum atomic E-state index is -0.127. The molecule has 0 aromatic heterocycles. The van der Waals surface area contributed by atoms with E-state index in [2.05, 4.69) is 6.58 Å². The maximum absolute atomic E-state index is 12.0. The maximum Gasteiger partial charge on any atom is 0.142 e. The van der Waals surface area contributed by atoms with E-state index in [-0.39, 0.29) is 35.7 Å². The minimum absolute atomic E-state index is 0.0215. The molecule has 2 bridgehead atoms. The summed E-state index contributed by atoms with van der Waals surface area (Å²) in [6.45, 7) is 7.58. The van der Waals surface area contributed by atoms with Gasteiger partial charge in [-0.1, -0.05) is 32.6 Å². The van der Waals surface area contributed by atoms with Crippen LogP contribution in [0.15, 0.2) is 24.4 Å². The second-order valence-electron chi connectivity index (χ2n) is 4.63. The number of rotatable bonds is 3. The highest BCUT2D eigenvalue weighted by Gasteiger charge is 2.50. The number of hydrogen-bond acceptors (Lipinski definition) is 3. The lowest BCUT2D eigenvalue weighted by atomic mass is 9.76. The van der Waals surface area contributed by atoms with Gasteiger partial charge in [0.05, 0.1) is 18.1 Å². The van der Waals surface area contributed by atoms with Crippen LogP contribution in [0.4, 0.5) is 0 Å². The molecule has 4 atom stereocenters. The van der Waals surface area contributed by atoms with Gasteiger partial charge in [-0.25, -0.2) is 0 Å². The van der Waals surface area contributed by atoms with Gasteiger partial charge in [0.15, 0.2) is 0 Å². The fraction of sp³-hybridized carbons (Fsp3) is 0.583. The first-order valence-electron chi connectivity index (χ1n) is 5.34. The second kappa shape index (κ2) is 3.49. The number of carbonyl (C=O) groups excluding carboxylic acids is 1. The summed E-state index contributed by atoms with van der Waals surface area (Å²) in [6, 6.07) is 0. The van der Waals surface area contributed by atoms with E-state index in [0.29, 0.717) is 5.70 Å². The summed E-state index contributed by atoms with van der Waals surface area (Å²) in [4.78, 5) is 12.0. The third kappa shape index (κ3) is 1.51. The van der Waals surface area contributed by atoms with Crippen molar-refractivity contribution >= 4 is 5.78 Å². The van der Waals surface area contributed by atoms with Crippen LogP contribution in [0, 0.1) is 17.8 Å². The van der Waals surface area contributed by atoms with Crippen molar-refractivity contribution < 1.29 is 9.53 Å². The highest BCUT2D eigenvalue weighted by molar-refractivity contribution is 5.85. The van der Waals surface area contributed by atoms with E-state index in [0.717, 1.165) is 0 Å². The monoisotopic (exact) mass is 207 g/mol. The largest absolute Gasteiger partial charge is 0.402 e. The molecule has 82 valence electrons. The van der Waals surface area contributed by atoms with Gasteiger partial charge in [0, 0.05) is 17.5 Å². The molecule has 0 saturated carbocycles. The van der Waals surface area contributed by atoms with Crippen LogP contribution in [0.5, 0.6) is 0 Å². The zero-order valence-corrected chi connectivity index (χ0v) is 9.14. The number of hydrogen-bond donors (Lipinski definition) is 1. The average Bonchev–Trinajstić information content (AvgIpc) is 2.74. The molecule has 2 heterocycles. The molecule has 0 spiro atoms. The molecular formula is C12H17NO2. The lowest BCUT2D eigenvalue weighted by Crippen LogP contribution is -2.36. The van der Waals surface area contributed by atoms with Crippen LogP contribution < -0.4 is 5.73 Å². The van der Waals surface area contributed by atoms with Crippen LogP contribution in [0.1, 0.15) is 13.8 Å². The maximum atomic E-state index is 12.0. The third-order valence-electron chi connectivity index (χ3n) is 3.23. The van der Waals surface area contributed by atoms with E-state index in [1.165, 1.54) is 0 Å². The van der Waals surface area contributed by atoms with Gasteiger partial charge in [-0.05, 0) is 0 Å². The predicted octanol–water partition coefficient (Wildman–Crippen LogP) is 1.25. The minimum Gasteiger partial charge on any atom is -0.402 e. The highest BCUT2D eigenvalue weighted by Crippen LogP contribution is 2.42. The SMILES string of the molecule is C=C(N)C1C2C=CC(O2)C1C(=O)C(C)C. The summed E-state index contributed by atoms with van der Waals surface area (Å²) < 4.78 is 5.66. The van der Waals surface area contributed by atoms with E-state index in [1.54, 1.807) is 0 Å². The molecule has 0 amide bonds. The van der Waals surface area contributed by atoms with Crippen molar-refractivity contribution in [1.82, 2.24) is 0 Å². The fourth-order valence-corrected chi connectivity index (χ4v) is 2.47. The second-order valence-corrected chi connectivity index (χ2v) is 4.63. The molecule has 1 fully saturated rings. The molecule has 0 aromatic rings. The van der Waals surface area contributed by atoms with Crippen LogP contribution in [0.2, 0.25) is 0 Å². The zero-order valence-electron chi connectivity index (χ0n) is 9.14. The Balaban J connectivity index is 2.27. The summed E-state index contributed by atoms with van der Waals surface area (Å²) in [5.74, 6) is 0.0871. The van der Waals surface area contributed by atoms with Crippen molar-refractivity contribution in [1.29, 1.82) is 0 Å². The topological polar surface area (TPSA) is 52.3 Å². The molecule has 3 nitrogen and oxygen atoms in total. The normalized spacial score (nSPS) is 37.5. The Morgan fingerprint density at radius 2 is 1.87 bits per heavy atom. The van der Waals surface area contributed by atoms with Crippen molar-refractivity contribution in [3.63, 3.8) is 0 Å². The molecular weight excluding hydrogens is 190 g/mol. The molecule has 0 radical (unpaired) electrons. The van der Waals surface area contributed by atoms with Crippen molar-refractivity contribution in [2.24, 2.45) is 23.5 Å². The average molecular weight is 207 g/mol. The van der Waals surface area contributed by atoms with Crippen molar-refractivity contribution in [2.75, 3.05) is 0 Å². The first-order valence-corrected chi connectivity index (χ1v) is 5.34. The van der Waals surface area contributed by atoms with Crippen LogP contribution in [-0.4, -0.2) is 18.0 Å². The van der Waals surface area contributed by atoms with Gasteiger partial charge in [-0.2, -0.15) is 0 Å². The van der Waals surface area contributed by atoms with E-state index in [9.17, 15) is 4.79 Å². The van der Waals surface area contributed by atoms with E-state index >= 15 is 0 Å². The van der Waals surface area contributed by atoms with Gasteiger partial charge < -0.3 is 10.5 Å². The standard InChI is InChI=1S/C12H17NO2/c1-6(2)12(14)11-9-5-4-8(15-9)10(11)7(3)13/h4-6,8-11H,3,13H2,1-2H3. The molecule has 2 N–H and O–H groups in total. The van der Waals surface area contributed by atoms with E-state index in [1.807, 2.05) is 26.0 Å². The van der Waals surface area contributed by atoms with Gasteiger partial charge in [0.2, 0.25) is 0 Å². The van der Waals surface area contributed by atoms with Crippen LogP contribution in [0.25, 0.3) is 0 Å². The number of carbonyl (C=O) groups is 1.